The van der Waals surface area contributed by atoms with E-state index >= 15 is 0 Å². The Morgan fingerprint density at radius 3 is 2.21 bits per heavy atom. The van der Waals surface area contributed by atoms with Crippen LogP contribution in [-0.4, -0.2) is 11.8 Å². The number of urea groups is 1. The van der Waals surface area contributed by atoms with Crippen molar-refractivity contribution in [1.82, 2.24) is 5.32 Å². The Kier molecular flexibility index (Phi) is 5.95. The molecule has 0 radical (unpaired) electrons. The lowest BCUT2D eigenvalue weighted by Crippen LogP contribution is -2.27. The largest absolute Gasteiger partial charge is 0.333 e. The van der Waals surface area contributed by atoms with Gasteiger partial charge in [0.15, 0.2) is 0 Å². The second-order valence-corrected chi connectivity index (χ2v) is 8.76. The molecule has 0 saturated carbocycles. The smallest absolute Gasteiger partial charge is 0.319 e. The van der Waals surface area contributed by atoms with Crippen molar-refractivity contribution in [2.75, 3.05) is 5.32 Å². The molecule has 1 aromatic heterocycles. The highest BCUT2D eigenvalue weighted by Gasteiger charge is 2.14. The summed E-state index contributed by atoms with van der Waals surface area (Å²) in [4.78, 5) is 26.2. The van der Waals surface area contributed by atoms with Gasteiger partial charge in [0.1, 0.15) is 0 Å². The van der Waals surface area contributed by atoms with E-state index in [0.29, 0.717) is 17.0 Å². The van der Waals surface area contributed by atoms with Crippen molar-refractivity contribution in [3.8, 4) is 0 Å². The number of carbonyl (C=O) groups is 2. The first-order valence-corrected chi connectivity index (χ1v) is 9.98. The van der Waals surface area contributed by atoms with Crippen LogP contribution in [0.15, 0.2) is 66.7 Å². The SMILES string of the molecule is CC(C)(C)c1ccc(NC(=O)NCc2ccc(C(=O)c3ccccc3)s2)cc1. The van der Waals surface area contributed by atoms with Gasteiger partial charge >= 0.3 is 6.03 Å². The number of anilines is 1. The lowest BCUT2D eigenvalue weighted by molar-refractivity contribution is 0.104. The standard InChI is InChI=1S/C23H24N2O2S/c1-23(2,3)17-9-11-18(12-10-17)25-22(27)24-15-19-13-14-20(28-19)21(26)16-7-5-4-6-8-16/h4-14H,15H2,1-3H3,(H2,24,25,27). The van der Waals surface area contributed by atoms with Gasteiger partial charge in [0.05, 0.1) is 11.4 Å². The monoisotopic (exact) mass is 392 g/mol. The summed E-state index contributed by atoms with van der Waals surface area (Å²) in [7, 11) is 0. The lowest BCUT2D eigenvalue weighted by Gasteiger charge is -2.19. The summed E-state index contributed by atoms with van der Waals surface area (Å²) in [6.45, 7) is 6.83. The van der Waals surface area contributed by atoms with Crippen LogP contribution in [-0.2, 0) is 12.0 Å². The first kappa shape index (κ1) is 19.8. The third-order valence-corrected chi connectivity index (χ3v) is 5.44. The van der Waals surface area contributed by atoms with Crippen molar-refractivity contribution >= 4 is 28.8 Å². The van der Waals surface area contributed by atoms with Crippen molar-refractivity contribution in [2.45, 2.75) is 32.7 Å². The topological polar surface area (TPSA) is 58.2 Å². The molecule has 28 heavy (non-hydrogen) atoms. The molecule has 0 aliphatic rings. The van der Waals surface area contributed by atoms with Crippen LogP contribution in [0.25, 0.3) is 0 Å². The molecule has 144 valence electrons. The molecule has 3 rings (SSSR count). The van der Waals surface area contributed by atoms with Crippen LogP contribution in [0.4, 0.5) is 10.5 Å². The maximum absolute atomic E-state index is 12.4. The second-order valence-electron chi connectivity index (χ2n) is 7.60. The molecule has 1 heterocycles. The van der Waals surface area contributed by atoms with E-state index in [4.69, 9.17) is 0 Å². The fourth-order valence-electron chi connectivity index (χ4n) is 2.72. The summed E-state index contributed by atoms with van der Waals surface area (Å²) in [6.07, 6.45) is 0. The van der Waals surface area contributed by atoms with Crippen molar-refractivity contribution < 1.29 is 9.59 Å². The minimum Gasteiger partial charge on any atom is -0.333 e. The average molecular weight is 393 g/mol. The maximum Gasteiger partial charge on any atom is 0.319 e. The lowest BCUT2D eigenvalue weighted by atomic mass is 9.87. The van der Waals surface area contributed by atoms with Gasteiger partial charge in [-0.15, -0.1) is 11.3 Å². The third kappa shape index (κ3) is 5.08. The zero-order chi connectivity index (χ0) is 20.1. The number of thiophene rings is 1. The van der Waals surface area contributed by atoms with Crippen LogP contribution < -0.4 is 10.6 Å². The van der Waals surface area contributed by atoms with Gasteiger partial charge in [-0.2, -0.15) is 0 Å². The number of rotatable bonds is 5. The molecule has 0 unspecified atom stereocenters. The number of benzene rings is 2. The summed E-state index contributed by atoms with van der Waals surface area (Å²) in [5, 5.41) is 5.67. The van der Waals surface area contributed by atoms with E-state index in [0.717, 1.165) is 10.6 Å². The minimum absolute atomic E-state index is 0.000222. The average Bonchev–Trinajstić information content (AvgIpc) is 3.15. The Bertz CT molecular complexity index is 954. The van der Waals surface area contributed by atoms with Crippen molar-refractivity contribution in [3.05, 3.63) is 87.6 Å². The molecule has 5 heteroatoms. The zero-order valence-corrected chi connectivity index (χ0v) is 17.1. The Hall–Kier alpha value is -2.92. The van der Waals surface area contributed by atoms with Gasteiger partial charge < -0.3 is 10.6 Å². The van der Waals surface area contributed by atoms with Gasteiger partial charge in [0, 0.05) is 16.1 Å². The fraction of sp³-hybridized carbons (Fsp3) is 0.217. The van der Waals surface area contributed by atoms with E-state index in [1.165, 1.54) is 16.9 Å². The summed E-state index contributed by atoms with van der Waals surface area (Å²) >= 11 is 1.40. The van der Waals surface area contributed by atoms with Crippen LogP contribution >= 0.6 is 11.3 Å². The number of ketones is 1. The van der Waals surface area contributed by atoms with Gasteiger partial charge in [-0.25, -0.2) is 4.79 Å². The summed E-state index contributed by atoms with van der Waals surface area (Å²) in [5.41, 5.74) is 2.71. The molecule has 0 atom stereocenters. The van der Waals surface area contributed by atoms with Crippen LogP contribution in [0.3, 0.4) is 0 Å². The quantitative estimate of drug-likeness (QED) is 0.555. The molecule has 0 saturated heterocycles. The molecule has 0 bridgehead atoms. The number of hydrogen-bond donors (Lipinski definition) is 2. The highest BCUT2D eigenvalue weighted by atomic mass is 32.1. The summed E-state index contributed by atoms with van der Waals surface area (Å²) < 4.78 is 0. The van der Waals surface area contributed by atoms with Gasteiger partial charge in [0.2, 0.25) is 5.78 Å². The first-order chi connectivity index (χ1) is 13.3. The molecule has 0 aliphatic carbocycles. The Labute approximate surface area is 169 Å². The zero-order valence-electron chi connectivity index (χ0n) is 16.3. The number of hydrogen-bond acceptors (Lipinski definition) is 3. The molecular weight excluding hydrogens is 368 g/mol. The van der Waals surface area contributed by atoms with E-state index in [2.05, 4.69) is 31.4 Å². The third-order valence-electron chi connectivity index (χ3n) is 4.35. The second kappa shape index (κ2) is 8.40. The molecule has 0 fully saturated rings. The number of amides is 2. The highest BCUT2D eigenvalue weighted by Crippen LogP contribution is 2.23. The predicted molar refractivity (Wildman–Crippen MR) is 115 cm³/mol. The van der Waals surface area contributed by atoms with E-state index in [9.17, 15) is 9.59 Å². The van der Waals surface area contributed by atoms with Crippen LogP contribution in [0, 0.1) is 0 Å². The summed E-state index contributed by atoms with van der Waals surface area (Å²) in [5.74, 6) is 0.000222. The van der Waals surface area contributed by atoms with E-state index in [-0.39, 0.29) is 17.2 Å². The molecule has 2 aromatic carbocycles. The van der Waals surface area contributed by atoms with E-state index in [1.807, 2.05) is 48.5 Å². The fourth-order valence-corrected chi connectivity index (χ4v) is 3.63. The molecular formula is C23H24N2O2S. The van der Waals surface area contributed by atoms with Gasteiger partial charge in [0.25, 0.3) is 0 Å². The molecule has 0 aliphatic heterocycles. The molecule has 2 N–H and O–H groups in total. The van der Waals surface area contributed by atoms with Gasteiger partial charge in [-0.05, 0) is 35.2 Å². The maximum atomic E-state index is 12.4. The minimum atomic E-state index is -0.271. The molecule has 0 spiro atoms. The van der Waals surface area contributed by atoms with Crippen LogP contribution in [0.2, 0.25) is 0 Å². The van der Waals surface area contributed by atoms with Crippen LogP contribution in [0.1, 0.15) is 46.4 Å². The first-order valence-electron chi connectivity index (χ1n) is 9.17. The Morgan fingerprint density at radius 2 is 1.57 bits per heavy atom. The van der Waals surface area contributed by atoms with E-state index < -0.39 is 0 Å². The Balaban J connectivity index is 1.54. The number of nitrogens with one attached hydrogen (secondary N) is 2. The van der Waals surface area contributed by atoms with Crippen LogP contribution in [0.5, 0.6) is 0 Å². The van der Waals surface area contributed by atoms with E-state index in [1.54, 1.807) is 18.2 Å². The van der Waals surface area contributed by atoms with Crippen molar-refractivity contribution in [2.24, 2.45) is 0 Å². The number of carbonyl (C=O) groups excluding carboxylic acids is 2. The molecule has 4 nitrogen and oxygen atoms in total. The van der Waals surface area contributed by atoms with Crippen molar-refractivity contribution in [1.29, 1.82) is 0 Å². The molecule has 3 aromatic rings. The Morgan fingerprint density at radius 1 is 0.893 bits per heavy atom. The van der Waals surface area contributed by atoms with Crippen molar-refractivity contribution in [3.63, 3.8) is 0 Å². The normalized spacial score (nSPS) is 11.1. The molecule has 2 amide bonds. The van der Waals surface area contributed by atoms with Gasteiger partial charge in [-0.1, -0.05) is 63.2 Å². The predicted octanol–water partition coefficient (Wildman–Crippen LogP) is 5.60. The summed E-state index contributed by atoms with van der Waals surface area (Å²) in [6, 6.07) is 20.5. The highest BCUT2D eigenvalue weighted by molar-refractivity contribution is 7.14. The van der Waals surface area contributed by atoms with Gasteiger partial charge in [-0.3, -0.25) is 4.79 Å².